The number of anilines is 1. The first-order valence-electron chi connectivity index (χ1n) is 5.52. The molecule has 96 valence electrons. The summed E-state index contributed by atoms with van der Waals surface area (Å²) in [7, 11) is 0. The van der Waals surface area contributed by atoms with E-state index >= 15 is 0 Å². The van der Waals surface area contributed by atoms with Gasteiger partial charge in [-0.25, -0.2) is 0 Å². The largest absolute Gasteiger partial charge is 0.392 e. The molecule has 3 N–H and O–H groups in total. The van der Waals surface area contributed by atoms with Gasteiger partial charge < -0.3 is 11.1 Å². The van der Waals surface area contributed by atoms with Gasteiger partial charge in [0.2, 0.25) is 5.91 Å². The zero-order valence-corrected chi connectivity index (χ0v) is 12.7. The Morgan fingerprint density at radius 3 is 2.61 bits per heavy atom. The summed E-state index contributed by atoms with van der Waals surface area (Å²) in [6.07, 6.45) is 2.42. The van der Waals surface area contributed by atoms with Crippen LogP contribution in [-0.2, 0) is 4.79 Å². The smallest absolute Gasteiger partial charge is 0.237 e. The molecule has 0 heterocycles. The van der Waals surface area contributed by atoms with Gasteiger partial charge in [0.05, 0.1) is 16.1 Å². The third kappa shape index (κ3) is 2.39. The highest BCUT2D eigenvalue weighted by Gasteiger charge is 2.47. The standard InChI is InChI=1S/C12H12BrClN2OS/c13-8-6-7(14)2-3-9(8)16-11(17)12(10(15)18)4-1-5-12/h2-3,6H,1,4-5H2,(H2,15,18)(H,16,17). The van der Waals surface area contributed by atoms with Crippen molar-refractivity contribution in [2.24, 2.45) is 11.1 Å². The van der Waals surface area contributed by atoms with Gasteiger partial charge in [-0.2, -0.15) is 0 Å². The maximum absolute atomic E-state index is 12.3. The minimum Gasteiger partial charge on any atom is -0.392 e. The fourth-order valence-corrected chi connectivity index (χ4v) is 3.03. The Hall–Kier alpha value is -0.650. The van der Waals surface area contributed by atoms with E-state index in [4.69, 9.17) is 29.6 Å². The minimum absolute atomic E-state index is 0.135. The average Bonchev–Trinajstić information content (AvgIpc) is 2.19. The van der Waals surface area contributed by atoms with Crippen molar-refractivity contribution in [3.8, 4) is 0 Å². The van der Waals surface area contributed by atoms with Gasteiger partial charge in [-0.15, -0.1) is 0 Å². The van der Waals surface area contributed by atoms with Crippen LogP contribution in [0.2, 0.25) is 5.02 Å². The van der Waals surface area contributed by atoms with Crippen molar-refractivity contribution in [2.75, 3.05) is 5.32 Å². The number of hydrogen-bond donors (Lipinski definition) is 2. The summed E-state index contributed by atoms with van der Waals surface area (Å²) in [5, 5.41) is 3.45. The number of amides is 1. The molecule has 0 saturated heterocycles. The number of nitrogens with one attached hydrogen (secondary N) is 1. The molecule has 1 amide bonds. The number of carbonyl (C=O) groups is 1. The molecule has 6 heteroatoms. The maximum Gasteiger partial charge on any atom is 0.237 e. The van der Waals surface area contributed by atoms with E-state index in [2.05, 4.69) is 21.2 Å². The number of thiocarbonyl (C=S) groups is 1. The van der Waals surface area contributed by atoms with Crippen LogP contribution < -0.4 is 11.1 Å². The number of halogens is 2. The second kappa shape index (κ2) is 5.15. The van der Waals surface area contributed by atoms with E-state index < -0.39 is 5.41 Å². The molecule has 1 aromatic rings. The van der Waals surface area contributed by atoms with Crippen LogP contribution in [0.15, 0.2) is 22.7 Å². The van der Waals surface area contributed by atoms with Crippen LogP contribution in [0, 0.1) is 5.41 Å². The normalized spacial score (nSPS) is 16.8. The highest BCUT2D eigenvalue weighted by molar-refractivity contribution is 9.10. The molecular weight excluding hydrogens is 336 g/mol. The van der Waals surface area contributed by atoms with Crippen LogP contribution in [0.1, 0.15) is 19.3 Å². The van der Waals surface area contributed by atoms with Crippen molar-refractivity contribution in [3.05, 3.63) is 27.7 Å². The van der Waals surface area contributed by atoms with E-state index in [1.165, 1.54) is 0 Å². The third-order valence-corrected chi connectivity index (χ3v) is 4.57. The fourth-order valence-electron chi connectivity index (χ4n) is 1.95. The number of hydrogen-bond acceptors (Lipinski definition) is 2. The molecule has 0 aromatic heterocycles. The zero-order valence-electron chi connectivity index (χ0n) is 9.50. The van der Waals surface area contributed by atoms with Crippen LogP contribution in [0.25, 0.3) is 0 Å². The summed E-state index contributed by atoms with van der Waals surface area (Å²) < 4.78 is 0.737. The first-order valence-corrected chi connectivity index (χ1v) is 7.10. The molecule has 1 aromatic carbocycles. The Balaban J connectivity index is 2.19. The molecule has 0 spiro atoms. The topological polar surface area (TPSA) is 55.1 Å². The molecular formula is C12H12BrClN2OS. The molecule has 0 aliphatic heterocycles. The first-order chi connectivity index (χ1) is 8.45. The van der Waals surface area contributed by atoms with E-state index in [0.717, 1.165) is 23.7 Å². The van der Waals surface area contributed by atoms with Crippen molar-refractivity contribution in [1.82, 2.24) is 0 Å². The van der Waals surface area contributed by atoms with Crippen LogP contribution in [-0.4, -0.2) is 10.9 Å². The monoisotopic (exact) mass is 346 g/mol. The van der Waals surface area contributed by atoms with Gasteiger partial charge in [-0.05, 0) is 47.0 Å². The Kier molecular flexibility index (Phi) is 3.94. The van der Waals surface area contributed by atoms with Crippen molar-refractivity contribution in [3.63, 3.8) is 0 Å². The van der Waals surface area contributed by atoms with Crippen molar-refractivity contribution < 1.29 is 4.79 Å². The van der Waals surface area contributed by atoms with Crippen molar-refractivity contribution in [1.29, 1.82) is 0 Å². The number of nitrogens with two attached hydrogens (primary N) is 1. The van der Waals surface area contributed by atoms with Gasteiger partial charge in [0, 0.05) is 9.50 Å². The van der Waals surface area contributed by atoms with E-state index in [1.807, 2.05) is 0 Å². The molecule has 0 radical (unpaired) electrons. The molecule has 1 aliphatic carbocycles. The summed E-state index contributed by atoms with van der Waals surface area (Å²) in [4.78, 5) is 12.5. The highest BCUT2D eigenvalue weighted by Crippen LogP contribution is 2.42. The van der Waals surface area contributed by atoms with Crippen LogP contribution in [0.3, 0.4) is 0 Å². The predicted molar refractivity (Wildman–Crippen MR) is 80.9 cm³/mol. The summed E-state index contributed by atoms with van der Waals surface area (Å²) in [6, 6.07) is 5.19. The number of rotatable bonds is 3. The SMILES string of the molecule is NC(=S)C1(C(=O)Nc2ccc(Cl)cc2Br)CCC1. The lowest BCUT2D eigenvalue weighted by Crippen LogP contribution is -2.50. The highest BCUT2D eigenvalue weighted by atomic mass is 79.9. The second-order valence-corrected chi connectivity index (χ2v) is 6.11. The van der Waals surface area contributed by atoms with Gasteiger partial charge in [0.15, 0.2) is 0 Å². The predicted octanol–water partition coefficient (Wildman–Crippen LogP) is 3.50. The second-order valence-electron chi connectivity index (χ2n) is 4.38. The van der Waals surface area contributed by atoms with Gasteiger partial charge in [0.1, 0.15) is 0 Å². The number of carbonyl (C=O) groups excluding carboxylic acids is 1. The summed E-state index contributed by atoms with van der Waals surface area (Å²) in [5.74, 6) is -0.135. The van der Waals surface area contributed by atoms with Gasteiger partial charge in [-0.1, -0.05) is 30.2 Å². The Morgan fingerprint density at radius 2 is 2.17 bits per heavy atom. The van der Waals surface area contributed by atoms with Crippen LogP contribution in [0.5, 0.6) is 0 Å². The molecule has 3 nitrogen and oxygen atoms in total. The molecule has 18 heavy (non-hydrogen) atoms. The van der Waals surface area contributed by atoms with Crippen molar-refractivity contribution >= 4 is 56.3 Å². The lowest BCUT2D eigenvalue weighted by molar-refractivity contribution is -0.125. The van der Waals surface area contributed by atoms with Gasteiger partial charge in [-0.3, -0.25) is 4.79 Å². The van der Waals surface area contributed by atoms with E-state index in [-0.39, 0.29) is 10.9 Å². The van der Waals surface area contributed by atoms with Gasteiger partial charge >= 0.3 is 0 Å². The molecule has 1 saturated carbocycles. The van der Waals surface area contributed by atoms with E-state index in [9.17, 15) is 4.79 Å². The van der Waals surface area contributed by atoms with Crippen molar-refractivity contribution in [2.45, 2.75) is 19.3 Å². The van der Waals surface area contributed by atoms with Crippen LogP contribution >= 0.6 is 39.7 Å². The minimum atomic E-state index is -0.672. The maximum atomic E-state index is 12.3. The summed E-state index contributed by atoms with van der Waals surface area (Å²) in [6.45, 7) is 0. The van der Waals surface area contributed by atoms with Gasteiger partial charge in [0.25, 0.3) is 0 Å². The fraction of sp³-hybridized carbons (Fsp3) is 0.333. The summed E-state index contributed by atoms with van der Waals surface area (Å²) in [5.41, 5.74) is 5.69. The molecule has 2 rings (SSSR count). The molecule has 1 fully saturated rings. The lowest BCUT2D eigenvalue weighted by Gasteiger charge is -2.39. The molecule has 0 atom stereocenters. The van der Waals surface area contributed by atoms with Crippen LogP contribution in [0.4, 0.5) is 5.69 Å². The summed E-state index contributed by atoms with van der Waals surface area (Å²) >= 11 is 14.2. The molecule has 0 unspecified atom stereocenters. The Bertz CT molecular complexity index is 517. The number of benzene rings is 1. The van der Waals surface area contributed by atoms with E-state index in [0.29, 0.717) is 10.7 Å². The molecule has 1 aliphatic rings. The quantitative estimate of drug-likeness (QED) is 0.823. The Labute approximate surface area is 124 Å². The molecule has 0 bridgehead atoms. The first kappa shape index (κ1) is 13.8. The van der Waals surface area contributed by atoms with E-state index in [1.54, 1.807) is 18.2 Å². The zero-order chi connectivity index (χ0) is 13.3. The third-order valence-electron chi connectivity index (χ3n) is 3.29. The average molecular weight is 348 g/mol. The Morgan fingerprint density at radius 1 is 1.50 bits per heavy atom. The lowest BCUT2D eigenvalue weighted by atomic mass is 9.68.